The first-order valence-electron chi connectivity index (χ1n) is 8.88. The molecule has 0 aliphatic rings. The average molecular weight is 324 g/mol. The van der Waals surface area contributed by atoms with E-state index in [2.05, 4.69) is 19.1 Å². The molecule has 3 N–H and O–H groups in total. The highest BCUT2D eigenvalue weighted by Gasteiger charge is 2.01. The fourth-order valence-electron chi connectivity index (χ4n) is 2.66. The second-order valence-corrected chi connectivity index (χ2v) is 6.13. The van der Waals surface area contributed by atoms with E-state index in [-0.39, 0.29) is 5.84 Å². The molecule has 3 heteroatoms. The van der Waals surface area contributed by atoms with E-state index in [1.807, 2.05) is 36.4 Å². The van der Waals surface area contributed by atoms with Gasteiger partial charge in [-0.1, -0.05) is 75.4 Å². The lowest BCUT2D eigenvalue weighted by molar-refractivity contribution is 0.304. The molecule has 0 heterocycles. The van der Waals surface area contributed by atoms with E-state index in [1.54, 1.807) is 0 Å². The van der Waals surface area contributed by atoms with Crippen LogP contribution in [0, 0.1) is 5.41 Å². The molecular formula is C21H28N2O. The summed E-state index contributed by atoms with van der Waals surface area (Å²) < 4.78 is 5.81. The first kappa shape index (κ1) is 18.1. The highest BCUT2D eigenvalue weighted by molar-refractivity contribution is 5.95. The molecule has 0 spiro atoms. The van der Waals surface area contributed by atoms with Gasteiger partial charge < -0.3 is 10.5 Å². The molecule has 0 unspecified atom stereocenters. The van der Waals surface area contributed by atoms with Crippen LogP contribution in [0.25, 0.3) is 11.1 Å². The third-order valence-corrected chi connectivity index (χ3v) is 4.15. The molecule has 2 rings (SSSR count). The van der Waals surface area contributed by atoms with Gasteiger partial charge in [0.05, 0.1) is 6.61 Å². The highest BCUT2D eigenvalue weighted by Crippen LogP contribution is 2.23. The molecule has 0 bridgehead atoms. The number of nitrogens with two attached hydrogens (primary N) is 1. The van der Waals surface area contributed by atoms with E-state index in [9.17, 15) is 0 Å². The van der Waals surface area contributed by atoms with Crippen LogP contribution in [0.1, 0.15) is 51.0 Å². The van der Waals surface area contributed by atoms with Crippen LogP contribution in [-0.2, 0) is 0 Å². The van der Waals surface area contributed by atoms with Gasteiger partial charge in [0, 0.05) is 5.56 Å². The van der Waals surface area contributed by atoms with Crippen molar-refractivity contribution in [3.05, 3.63) is 54.1 Å². The van der Waals surface area contributed by atoms with Crippen molar-refractivity contribution in [2.24, 2.45) is 5.73 Å². The summed E-state index contributed by atoms with van der Waals surface area (Å²) in [7, 11) is 0. The number of ether oxygens (including phenoxy) is 1. The maximum Gasteiger partial charge on any atom is 0.122 e. The van der Waals surface area contributed by atoms with Crippen LogP contribution in [0.3, 0.4) is 0 Å². The number of unbranched alkanes of at least 4 members (excludes halogenated alkanes) is 5. The minimum absolute atomic E-state index is 0.0972. The van der Waals surface area contributed by atoms with Crippen LogP contribution in [0.2, 0.25) is 0 Å². The molecule has 0 fully saturated rings. The lowest BCUT2D eigenvalue weighted by Crippen LogP contribution is -2.10. The molecular weight excluding hydrogens is 296 g/mol. The van der Waals surface area contributed by atoms with Crippen molar-refractivity contribution in [2.45, 2.75) is 45.4 Å². The quantitative estimate of drug-likeness (QED) is 0.350. The van der Waals surface area contributed by atoms with E-state index in [0.717, 1.165) is 35.5 Å². The van der Waals surface area contributed by atoms with Crippen molar-refractivity contribution < 1.29 is 4.74 Å². The van der Waals surface area contributed by atoms with E-state index in [4.69, 9.17) is 15.9 Å². The Morgan fingerprint density at radius 2 is 1.38 bits per heavy atom. The fourth-order valence-corrected chi connectivity index (χ4v) is 2.66. The van der Waals surface area contributed by atoms with Crippen LogP contribution < -0.4 is 10.5 Å². The summed E-state index contributed by atoms with van der Waals surface area (Å²) in [6.45, 7) is 3.03. The van der Waals surface area contributed by atoms with Gasteiger partial charge in [-0.25, -0.2) is 0 Å². The molecule has 24 heavy (non-hydrogen) atoms. The zero-order valence-electron chi connectivity index (χ0n) is 14.6. The van der Waals surface area contributed by atoms with Crippen molar-refractivity contribution in [1.82, 2.24) is 0 Å². The first-order chi connectivity index (χ1) is 11.7. The zero-order chi connectivity index (χ0) is 17.2. The van der Waals surface area contributed by atoms with Gasteiger partial charge in [-0.15, -0.1) is 0 Å². The lowest BCUT2D eigenvalue weighted by Gasteiger charge is -2.08. The SMILES string of the molecule is CCCCCCCCOc1ccc(-c2ccc(C(=N)N)cc2)cc1. The molecule has 2 aromatic carbocycles. The second-order valence-electron chi connectivity index (χ2n) is 6.13. The van der Waals surface area contributed by atoms with Gasteiger partial charge in [0.2, 0.25) is 0 Å². The number of rotatable bonds is 10. The monoisotopic (exact) mass is 324 g/mol. The van der Waals surface area contributed by atoms with Crippen molar-refractivity contribution in [1.29, 1.82) is 5.41 Å². The van der Waals surface area contributed by atoms with Crippen molar-refractivity contribution in [3.8, 4) is 16.9 Å². The Bertz CT molecular complexity index is 617. The molecule has 0 saturated carbocycles. The van der Waals surface area contributed by atoms with E-state index >= 15 is 0 Å². The van der Waals surface area contributed by atoms with Gasteiger partial charge in [0.1, 0.15) is 11.6 Å². The summed E-state index contributed by atoms with van der Waals surface area (Å²) in [5, 5.41) is 7.43. The number of nitrogen functional groups attached to an aromatic ring is 1. The number of nitrogens with one attached hydrogen (secondary N) is 1. The van der Waals surface area contributed by atoms with Crippen LogP contribution in [0.4, 0.5) is 0 Å². The Labute approximate surface area is 145 Å². The third kappa shape index (κ3) is 5.73. The van der Waals surface area contributed by atoms with E-state index < -0.39 is 0 Å². The van der Waals surface area contributed by atoms with Crippen LogP contribution in [0.15, 0.2) is 48.5 Å². The van der Waals surface area contributed by atoms with E-state index in [0.29, 0.717) is 0 Å². The lowest BCUT2D eigenvalue weighted by atomic mass is 10.0. The predicted octanol–water partition coefficient (Wildman–Crippen LogP) is 5.38. The summed E-state index contributed by atoms with van der Waals surface area (Å²) in [5.41, 5.74) is 8.48. The van der Waals surface area contributed by atoms with Gasteiger partial charge >= 0.3 is 0 Å². The van der Waals surface area contributed by atoms with Crippen molar-refractivity contribution in [2.75, 3.05) is 6.61 Å². The smallest absolute Gasteiger partial charge is 0.122 e. The maximum absolute atomic E-state index is 7.43. The van der Waals surface area contributed by atoms with Crippen LogP contribution in [0.5, 0.6) is 5.75 Å². The molecule has 128 valence electrons. The summed E-state index contributed by atoms with van der Waals surface area (Å²) in [4.78, 5) is 0. The molecule has 0 aromatic heterocycles. The minimum atomic E-state index is 0.0972. The Morgan fingerprint density at radius 3 is 1.96 bits per heavy atom. The Balaban J connectivity index is 1.79. The van der Waals surface area contributed by atoms with Crippen molar-refractivity contribution >= 4 is 5.84 Å². The van der Waals surface area contributed by atoms with E-state index in [1.165, 1.54) is 32.1 Å². The van der Waals surface area contributed by atoms with Crippen molar-refractivity contribution in [3.63, 3.8) is 0 Å². The molecule has 3 nitrogen and oxygen atoms in total. The largest absolute Gasteiger partial charge is 0.494 e. The van der Waals surface area contributed by atoms with Crippen LogP contribution >= 0.6 is 0 Å². The molecule has 0 saturated heterocycles. The second kappa shape index (κ2) is 9.76. The first-order valence-corrected chi connectivity index (χ1v) is 8.88. The Hall–Kier alpha value is -2.29. The average Bonchev–Trinajstić information content (AvgIpc) is 2.61. The summed E-state index contributed by atoms with van der Waals surface area (Å²) >= 11 is 0. The molecule has 0 atom stereocenters. The van der Waals surface area contributed by atoms with Gasteiger partial charge in [0.15, 0.2) is 0 Å². The molecule has 0 amide bonds. The highest BCUT2D eigenvalue weighted by atomic mass is 16.5. The number of hydrogen-bond donors (Lipinski definition) is 2. The molecule has 0 aliphatic carbocycles. The zero-order valence-corrected chi connectivity index (χ0v) is 14.6. The summed E-state index contributed by atoms with van der Waals surface area (Å²) in [6.07, 6.45) is 7.66. The Morgan fingerprint density at radius 1 is 0.833 bits per heavy atom. The normalized spacial score (nSPS) is 10.5. The summed E-state index contributed by atoms with van der Waals surface area (Å²) in [6, 6.07) is 15.9. The third-order valence-electron chi connectivity index (χ3n) is 4.15. The number of amidine groups is 1. The fraction of sp³-hybridized carbons (Fsp3) is 0.381. The van der Waals surface area contributed by atoms with Gasteiger partial charge in [-0.2, -0.15) is 0 Å². The maximum atomic E-state index is 7.43. The van der Waals surface area contributed by atoms with Gasteiger partial charge in [-0.05, 0) is 29.7 Å². The molecule has 0 aliphatic heterocycles. The number of hydrogen-bond acceptors (Lipinski definition) is 2. The number of benzene rings is 2. The topological polar surface area (TPSA) is 59.1 Å². The minimum Gasteiger partial charge on any atom is -0.494 e. The Kier molecular flexibility index (Phi) is 7.34. The van der Waals surface area contributed by atoms with Gasteiger partial charge in [-0.3, -0.25) is 5.41 Å². The predicted molar refractivity (Wildman–Crippen MR) is 102 cm³/mol. The summed E-state index contributed by atoms with van der Waals surface area (Å²) in [5.74, 6) is 1.02. The molecule has 0 radical (unpaired) electrons. The van der Waals surface area contributed by atoms with Crippen LogP contribution in [-0.4, -0.2) is 12.4 Å². The van der Waals surface area contributed by atoms with Gasteiger partial charge in [0.25, 0.3) is 0 Å². The molecule has 2 aromatic rings. The standard InChI is InChI=1S/C21H28N2O/c1-2-3-4-5-6-7-16-24-20-14-12-18(13-15-20)17-8-10-19(11-9-17)21(22)23/h8-15H,2-7,16H2,1H3,(H3,22,23).